The summed E-state index contributed by atoms with van der Waals surface area (Å²) >= 11 is 0.160. The van der Waals surface area contributed by atoms with Gasteiger partial charge in [-0.05, 0) is 126 Å². The Morgan fingerprint density at radius 2 is 0.831 bits per heavy atom. The third-order valence-corrected chi connectivity index (χ3v) is 38.4. The minimum atomic E-state index is -2.83. The molecule has 0 spiro atoms. The predicted molar refractivity (Wildman–Crippen MR) is 620 cm³/mol. The van der Waals surface area contributed by atoms with Crippen LogP contribution in [0.5, 0.6) is 0 Å². The van der Waals surface area contributed by atoms with Crippen LogP contribution in [0.15, 0.2) is 450 Å². The van der Waals surface area contributed by atoms with E-state index in [1.54, 1.807) is 0 Å². The first-order chi connectivity index (χ1) is 73.5. The Labute approximate surface area is 855 Å². The van der Waals surface area contributed by atoms with E-state index >= 15 is 0 Å². The van der Waals surface area contributed by atoms with Crippen LogP contribution in [-0.2, 0) is 6.42 Å². The van der Waals surface area contributed by atoms with E-state index < -0.39 is 8.07 Å². The molecule has 0 aliphatic carbocycles. The summed E-state index contributed by atoms with van der Waals surface area (Å²) < 4.78 is 12.1. The summed E-state index contributed by atoms with van der Waals surface area (Å²) in [4.78, 5) is 46.8. The van der Waals surface area contributed by atoms with Gasteiger partial charge in [0.05, 0.1) is 49.8 Å². The monoisotopic (exact) mass is 1970 g/mol. The number of para-hydroxylation sites is 1. The van der Waals surface area contributed by atoms with Crippen molar-refractivity contribution in [1.29, 1.82) is 0 Å². The molecular weight excluding hydrogens is 1890 g/mol. The van der Waals surface area contributed by atoms with Gasteiger partial charge in [-0.2, -0.15) is 0 Å². The first kappa shape index (κ1) is 85.2. The SMILES string of the molecule is CCCCCCc1ccc(-n2c3ccccc3c3c2c2ccccc2c2c4cccnc4n(-c4nc(-c5ccccc5)c5c(ccc6ccccc65)n4)c23)cc1.c1ccc([Si]2(c3ccccc3)c3ccccc3-c3c2c2ccccc2c2c4ncccc4n(-c4ncc5ccc6ccccc6c5n4)c32)cc1.c1ccc2c(c1)[se]c1c3ncccc3c3c4ncccc4n(-c4cc5c6ccccc6c6ccccc6c5cn4)c3c21. The van der Waals surface area contributed by atoms with E-state index in [4.69, 9.17) is 44.9 Å². The molecule has 0 amide bonds. The van der Waals surface area contributed by atoms with Gasteiger partial charge in [-0.3, -0.25) is 14.1 Å². The van der Waals surface area contributed by atoms with Crippen LogP contribution in [0.2, 0.25) is 0 Å². The third kappa shape index (κ3) is 12.7. The number of nitrogens with zero attached hydrogens (tertiary/aromatic N) is 13. The Kier molecular flexibility index (Phi) is 19.7. The number of rotatable bonds is 12. The number of benzene rings is 19. The van der Waals surface area contributed by atoms with Gasteiger partial charge in [0, 0.05) is 83.9 Å². The molecule has 13 heterocycles. The average Bonchev–Trinajstić information content (AvgIpc) is 1.49. The molecule has 0 atom stereocenters. The zero-order valence-electron chi connectivity index (χ0n) is 80.5. The molecule has 0 radical (unpaired) electrons. The molecule has 19 aromatic carbocycles. The molecule has 12 aromatic heterocycles. The number of aryl methyl sites for hydroxylation is 1. The van der Waals surface area contributed by atoms with Crippen LogP contribution in [0.3, 0.4) is 0 Å². The van der Waals surface area contributed by atoms with E-state index in [2.05, 4.69) is 420 Å². The van der Waals surface area contributed by atoms with Gasteiger partial charge in [-0.1, -0.05) is 287 Å². The van der Waals surface area contributed by atoms with Gasteiger partial charge in [0.25, 0.3) is 0 Å². The van der Waals surface area contributed by atoms with Crippen LogP contribution >= 0.6 is 0 Å². The fraction of sp³-hybridized carbons (Fsp3) is 0.0451. The number of hydrogen-bond acceptors (Lipinski definition) is 9. The van der Waals surface area contributed by atoms with E-state index in [1.807, 2.05) is 55.2 Å². The fourth-order valence-electron chi connectivity index (χ4n) is 24.9. The van der Waals surface area contributed by atoms with Crippen molar-refractivity contribution in [1.82, 2.24) is 63.1 Å². The average molecular weight is 1970 g/mol. The molecule has 1 aliphatic heterocycles. The molecule has 31 aromatic rings. The maximum absolute atomic E-state index is 5.55. The fourth-order valence-corrected chi connectivity index (χ4v) is 32.8. The predicted octanol–water partition coefficient (Wildman–Crippen LogP) is 30.0. The Bertz CT molecular complexity index is 10900. The summed E-state index contributed by atoms with van der Waals surface area (Å²) in [7, 11) is -2.83. The molecule has 1 aliphatic rings. The molecule has 0 saturated heterocycles. The van der Waals surface area contributed by atoms with Gasteiger partial charge in [-0.15, -0.1) is 0 Å². The van der Waals surface area contributed by atoms with Gasteiger partial charge in [0.1, 0.15) is 5.65 Å². The number of aromatic nitrogens is 13. The number of hydrogen-bond donors (Lipinski definition) is 0. The summed E-state index contributed by atoms with van der Waals surface area (Å²) in [5, 5.41) is 35.0. The summed E-state index contributed by atoms with van der Waals surface area (Å²) in [5.41, 5.74) is 20.5. The van der Waals surface area contributed by atoms with Gasteiger partial charge in [-0.25, -0.2) is 24.9 Å². The number of fused-ring (bicyclic) bond motifs is 42. The quantitative estimate of drug-likeness (QED) is 0.0665. The topological polar surface area (TPSA) is 136 Å². The van der Waals surface area contributed by atoms with Gasteiger partial charge in [0.15, 0.2) is 8.07 Å². The van der Waals surface area contributed by atoms with Crippen LogP contribution in [0.25, 0.3) is 261 Å². The zero-order valence-corrected chi connectivity index (χ0v) is 83.2. The molecule has 32 rings (SSSR count). The minimum absolute atomic E-state index is 0.160. The van der Waals surface area contributed by atoms with Crippen LogP contribution in [0, 0.1) is 0 Å². The molecule has 0 saturated carbocycles. The van der Waals surface area contributed by atoms with E-state index in [-0.39, 0.29) is 14.5 Å². The summed E-state index contributed by atoms with van der Waals surface area (Å²) in [5.74, 6) is 2.15. The first-order valence-electron chi connectivity index (χ1n) is 50.9. The van der Waals surface area contributed by atoms with Crippen LogP contribution in [0.4, 0.5) is 0 Å². The van der Waals surface area contributed by atoms with E-state index in [0.29, 0.717) is 11.9 Å². The van der Waals surface area contributed by atoms with Crippen molar-refractivity contribution in [2.45, 2.75) is 39.0 Å². The van der Waals surface area contributed by atoms with Crippen LogP contribution in [-0.4, -0.2) is 85.7 Å². The normalized spacial score (nSPS) is 12.5. The maximum atomic E-state index is 5.55. The van der Waals surface area contributed by atoms with Gasteiger partial charge >= 0.3 is 246 Å². The molecule has 148 heavy (non-hydrogen) atoms. The van der Waals surface area contributed by atoms with Gasteiger partial charge < -0.3 is 4.57 Å². The third-order valence-electron chi connectivity index (χ3n) is 31.0. The summed E-state index contributed by atoms with van der Waals surface area (Å²) in [6.45, 7) is 2.27. The standard InChI is InChI=1S/C51H39N5.C45H28N4Si.C37H20N4Se/c1-2-3-4-6-16-33-26-29-36(30-27-33)55-43-25-14-13-23-40(43)46-48(55)39-22-12-11-21-38(39)44-41-24-15-32-52-50(41)56(49(44)46)51-53-42-31-28-34-17-9-10-20-37(34)45(42)47(54-51)35-18-7-5-8-19-35;1-3-15-31(16-4-1)50(32-17-5-2-6-18-32)38-24-12-11-22-36(38)40-43-39(34-20-9-10-21-35(34)44(40)50)42-37(23-13-27-46-42)49(43)45-47-28-30-26-25-29-14-7-8-19-33(29)41(30)48-45;1-3-11-23-21(9-1)22-10-2-4-12-24(22)28-20-40-31(19-27(23)28)41-29-15-8-18-39-35(29)32-26-14-7-17-38-34(26)37-33(36(32)41)25-13-5-6-16-30(25)42-37/h5,7-15,17-32H,2-4,6,16H2,1H3;1-28H;1-20H. The van der Waals surface area contributed by atoms with E-state index in [9.17, 15) is 0 Å². The summed E-state index contributed by atoms with van der Waals surface area (Å²) in [6, 6.07) is 149. The molecule has 13 nitrogen and oxygen atoms in total. The second kappa shape index (κ2) is 34.2. The summed E-state index contributed by atoms with van der Waals surface area (Å²) in [6.07, 6.45) is 17.8. The Balaban J connectivity index is 0.000000103. The molecule has 0 fully saturated rings. The molecule has 0 N–H and O–H groups in total. The number of unbranched alkanes of at least 4 members (excludes halogenated alkanes) is 3. The van der Waals surface area contributed by atoms with E-state index in [0.717, 1.165) is 149 Å². The molecule has 694 valence electrons. The Morgan fingerprint density at radius 3 is 1.56 bits per heavy atom. The molecule has 0 unspecified atom stereocenters. The van der Waals surface area contributed by atoms with Crippen molar-refractivity contribution in [3.8, 4) is 45.8 Å². The first-order valence-corrected chi connectivity index (χ1v) is 54.6. The van der Waals surface area contributed by atoms with Crippen molar-refractivity contribution in [2.75, 3.05) is 0 Å². The van der Waals surface area contributed by atoms with Gasteiger partial charge in [0.2, 0.25) is 11.9 Å². The second-order valence-corrected chi connectivity index (χ2v) is 44.8. The second-order valence-electron chi connectivity index (χ2n) is 38.9. The zero-order chi connectivity index (χ0) is 97.3. The van der Waals surface area contributed by atoms with Crippen molar-refractivity contribution >= 4 is 258 Å². The molecular formula is C133H87N13SeSi. The Morgan fingerprint density at radius 1 is 0.291 bits per heavy atom. The van der Waals surface area contributed by atoms with Crippen LogP contribution in [0.1, 0.15) is 38.2 Å². The van der Waals surface area contributed by atoms with Crippen molar-refractivity contribution in [3.63, 3.8) is 0 Å². The molecule has 0 bridgehead atoms. The van der Waals surface area contributed by atoms with Crippen molar-refractivity contribution in [2.24, 2.45) is 0 Å². The van der Waals surface area contributed by atoms with Crippen molar-refractivity contribution in [3.05, 3.63) is 455 Å². The molecule has 15 heteroatoms. The van der Waals surface area contributed by atoms with E-state index in [1.165, 1.54) is 158 Å². The number of pyridine rings is 5. The Hall–Kier alpha value is -18.4. The van der Waals surface area contributed by atoms with Crippen molar-refractivity contribution < 1.29 is 0 Å². The van der Waals surface area contributed by atoms with Crippen LogP contribution < -0.4 is 20.7 Å².